The summed E-state index contributed by atoms with van der Waals surface area (Å²) < 4.78 is 6.51. The van der Waals surface area contributed by atoms with Crippen molar-refractivity contribution in [2.45, 2.75) is 20.3 Å². The maximum Gasteiger partial charge on any atom is 0.287 e. The van der Waals surface area contributed by atoms with E-state index in [0.717, 1.165) is 33.2 Å². The summed E-state index contributed by atoms with van der Waals surface area (Å²) >= 11 is 3.39. The fraction of sp³-hybridized carbons (Fsp3) is 0.250. The zero-order valence-electron chi connectivity index (χ0n) is 12.4. The van der Waals surface area contributed by atoms with Gasteiger partial charge in [0.15, 0.2) is 5.76 Å². The molecule has 2 aromatic heterocycles. The number of fused-ring (bicyclic) bond motifs is 1. The number of rotatable bonds is 4. The molecule has 0 saturated heterocycles. The topological polar surface area (TPSA) is 70.9 Å². The second-order valence-electron chi connectivity index (χ2n) is 5.21. The number of nitrogens with one attached hydrogen (secondary N) is 2. The molecule has 0 unspecified atom stereocenters. The van der Waals surface area contributed by atoms with Gasteiger partial charge in [-0.15, -0.1) is 0 Å². The Morgan fingerprint density at radius 3 is 2.91 bits per heavy atom. The van der Waals surface area contributed by atoms with Crippen LogP contribution in [0.25, 0.3) is 11.0 Å². The molecule has 3 aromatic rings. The molecular weight excluding hydrogens is 346 g/mol. The van der Waals surface area contributed by atoms with Crippen LogP contribution in [0.15, 0.2) is 33.2 Å². The van der Waals surface area contributed by atoms with Gasteiger partial charge in [0.05, 0.1) is 5.69 Å². The van der Waals surface area contributed by atoms with Gasteiger partial charge in [-0.1, -0.05) is 15.9 Å². The molecule has 2 N–H and O–H groups in total. The maximum atomic E-state index is 12.2. The van der Waals surface area contributed by atoms with Crippen molar-refractivity contribution < 1.29 is 9.21 Å². The van der Waals surface area contributed by atoms with Gasteiger partial charge in [-0.3, -0.25) is 9.89 Å². The molecule has 0 atom stereocenters. The highest BCUT2D eigenvalue weighted by molar-refractivity contribution is 9.10. The van der Waals surface area contributed by atoms with E-state index >= 15 is 0 Å². The van der Waals surface area contributed by atoms with Crippen LogP contribution in [0.1, 0.15) is 27.5 Å². The van der Waals surface area contributed by atoms with E-state index < -0.39 is 0 Å². The lowest BCUT2D eigenvalue weighted by Crippen LogP contribution is -2.25. The molecule has 114 valence electrons. The van der Waals surface area contributed by atoms with Crippen LogP contribution in [0.3, 0.4) is 0 Å². The molecule has 6 heteroatoms. The molecule has 0 aliphatic carbocycles. The molecular formula is C16H16BrN3O2. The van der Waals surface area contributed by atoms with Crippen molar-refractivity contribution >= 4 is 32.8 Å². The van der Waals surface area contributed by atoms with Crippen molar-refractivity contribution in [1.29, 1.82) is 0 Å². The lowest BCUT2D eigenvalue weighted by molar-refractivity contribution is 0.0928. The van der Waals surface area contributed by atoms with Crippen molar-refractivity contribution in [2.24, 2.45) is 0 Å². The molecule has 0 bridgehead atoms. The van der Waals surface area contributed by atoms with Crippen molar-refractivity contribution in [3.05, 3.63) is 51.4 Å². The molecule has 3 rings (SSSR count). The van der Waals surface area contributed by atoms with Gasteiger partial charge in [-0.05, 0) is 50.1 Å². The molecule has 2 heterocycles. The number of aryl methyl sites for hydroxylation is 2. The van der Waals surface area contributed by atoms with Gasteiger partial charge in [0.25, 0.3) is 5.91 Å². The van der Waals surface area contributed by atoms with Gasteiger partial charge in [0.2, 0.25) is 0 Å². The zero-order chi connectivity index (χ0) is 15.7. The summed E-state index contributed by atoms with van der Waals surface area (Å²) in [4.78, 5) is 12.2. The van der Waals surface area contributed by atoms with E-state index in [1.807, 2.05) is 32.0 Å². The summed E-state index contributed by atoms with van der Waals surface area (Å²) in [5.41, 5.74) is 3.86. The average molecular weight is 362 g/mol. The number of H-pyrrole nitrogens is 1. The SMILES string of the molecule is Cc1n[nH]c(C)c1CCNC(=O)c1cc2ccc(Br)cc2o1. The molecule has 0 spiro atoms. The van der Waals surface area contributed by atoms with Crippen LogP contribution in [0.5, 0.6) is 0 Å². The predicted octanol–water partition coefficient (Wildman–Crippen LogP) is 3.51. The second kappa shape index (κ2) is 5.96. The van der Waals surface area contributed by atoms with Gasteiger partial charge in [-0.25, -0.2) is 0 Å². The van der Waals surface area contributed by atoms with Crippen molar-refractivity contribution in [3.8, 4) is 0 Å². The summed E-state index contributed by atoms with van der Waals surface area (Å²) in [5.74, 6) is 0.125. The Kier molecular flexibility index (Phi) is 4.02. The first-order valence-corrected chi connectivity index (χ1v) is 7.81. The Balaban J connectivity index is 1.66. The number of nitrogens with zero attached hydrogens (tertiary/aromatic N) is 1. The number of benzene rings is 1. The Labute approximate surface area is 136 Å². The highest BCUT2D eigenvalue weighted by atomic mass is 79.9. The standard InChI is InChI=1S/C16H16BrN3O2/c1-9-13(10(2)20-19-9)5-6-18-16(21)15-7-11-3-4-12(17)8-14(11)22-15/h3-4,7-8H,5-6H2,1-2H3,(H,18,21)(H,19,20). The summed E-state index contributed by atoms with van der Waals surface area (Å²) in [6.45, 7) is 4.48. The third kappa shape index (κ3) is 2.92. The summed E-state index contributed by atoms with van der Waals surface area (Å²) in [6, 6.07) is 7.44. The fourth-order valence-corrected chi connectivity index (χ4v) is 2.79. The minimum absolute atomic E-state index is 0.203. The second-order valence-corrected chi connectivity index (χ2v) is 6.13. The monoisotopic (exact) mass is 361 g/mol. The number of furan rings is 1. The van der Waals surface area contributed by atoms with E-state index in [2.05, 4.69) is 31.4 Å². The van der Waals surface area contributed by atoms with Crippen LogP contribution >= 0.6 is 15.9 Å². The van der Waals surface area contributed by atoms with Crippen molar-refractivity contribution in [1.82, 2.24) is 15.5 Å². The number of halogens is 1. The minimum Gasteiger partial charge on any atom is -0.451 e. The summed E-state index contributed by atoms with van der Waals surface area (Å²) in [6.07, 6.45) is 0.742. The number of amides is 1. The molecule has 0 radical (unpaired) electrons. The van der Waals surface area contributed by atoms with Crippen LogP contribution in [0, 0.1) is 13.8 Å². The lowest BCUT2D eigenvalue weighted by Gasteiger charge is -2.03. The molecule has 0 aliphatic heterocycles. The van der Waals surface area contributed by atoms with Crippen molar-refractivity contribution in [2.75, 3.05) is 6.54 Å². The largest absolute Gasteiger partial charge is 0.451 e. The van der Waals surface area contributed by atoms with E-state index in [9.17, 15) is 4.79 Å². The average Bonchev–Trinajstić information content (AvgIpc) is 3.04. The van der Waals surface area contributed by atoms with Crippen LogP contribution in [0.4, 0.5) is 0 Å². The number of carbonyl (C=O) groups is 1. The third-order valence-corrected chi connectivity index (χ3v) is 4.14. The maximum absolute atomic E-state index is 12.2. The van der Waals surface area contributed by atoms with Gasteiger partial charge in [-0.2, -0.15) is 5.10 Å². The lowest BCUT2D eigenvalue weighted by atomic mass is 10.1. The molecule has 22 heavy (non-hydrogen) atoms. The van der Waals surface area contributed by atoms with E-state index in [4.69, 9.17) is 4.42 Å². The highest BCUT2D eigenvalue weighted by Crippen LogP contribution is 2.23. The third-order valence-electron chi connectivity index (χ3n) is 3.65. The normalized spacial score (nSPS) is 11.0. The van der Waals surface area contributed by atoms with Gasteiger partial charge in [0.1, 0.15) is 5.58 Å². The van der Waals surface area contributed by atoms with Crippen LogP contribution in [0.2, 0.25) is 0 Å². The summed E-state index contributed by atoms with van der Waals surface area (Å²) in [5, 5.41) is 10.9. The molecule has 0 aliphatic rings. The Bertz CT molecular complexity index is 816. The quantitative estimate of drug-likeness (QED) is 0.746. The number of aromatic nitrogens is 2. The number of carbonyl (C=O) groups excluding carboxylic acids is 1. The van der Waals surface area contributed by atoms with E-state index in [1.54, 1.807) is 6.07 Å². The Morgan fingerprint density at radius 2 is 2.18 bits per heavy atom. The number of hydrogen-bond donors (Lipinski definition) is 2. The van der Waals surface area contributed by atoms with E-state index in [-0.39, 0.29) is 5.91 Å². The molecule has 0 saturated carbocycles. The van der Waals surface area contributed by atoms with Crippen molar-refractivity contribution in [3.63, 3.8) is 0 Å². The number of hydrogen-bond acceptors (Lipinski definition) is 3. The summed E-state index contributed by atoms with van der Waals surface area (Å²) in [7, 11) is 0. The van der Waals surface area contributed by atoms with Crippen LogP contribution < -0.4 is 5.32 Å². The molecule has 1 aromatic carbocycles. The van der Waals surface area contributed by atoms with E-state index in [1.165, 1.54) is 0 Å². The Hall–Kier alpha value is -2.08. The predicted molar refractivity (Wildman–Crippen MR) is 88.0 cm³/mol. The van der Waals surface area contributed by atoms with E-state index in [0.29, 0.717) is 17.9 Å². The minimum atomic E-state index is -0.203. The van der Waals surface area contributed by atoms with Crippen LogP contribution in [-0.2, 0) is 6.42 Å². The van der Waals surface area contributed by atoms with Gasteiger partial charge < -0.3 is 9.73 Å². The first-order chi connectivity index (χ1) is 10.5. The van der Waals surface area contributed by atoms with Crippen LogP contribution in [-0.4, -0.2) is 22.6 Å². The zero-order valence-corrected chi connectivity index (χ0v) is 14.0. The fourth-order valence-electron chi connectivity index (χ4n) is 2.45. The first kappa shape index (κ1) is 14.8. The molecule has 1 amide bonds. The smallest absolute Gasteiger partial charge is 0.287 e. The molecule has 5 nitrogen and oxygen atoms in total. The highest BCUT2D eigenvalue weighted by Gasteiger charge is 2.13. The van der Waals surface area contributed by atoms with Gasteiger partial charge in [0, 0.05) is 22.1 Å². The molecule has 0 fully saturated rings. The first-order valence-electron chi connectivity index (χ1n) is 7.02. The Morgan fingerprint density at radius 1 is 1.36 bits per heavy atom. The van der Waals surface area contributed by atoms with Gasteiger partial charge >= 0.3 is 0 Å². The number of aromatic amines is 1.